The Morgan fingerprint density at radius 1 is 1.14 bits per heavy atom. The van der Waals surface area contributed by atoms with E-state index in [1.54, 1.807) is 14.2 Å². The first-order valence-electron chi connectivity index (χ1n) is 11.2. The van der Waals surface area contributed by atoms with Crippen molar-refractivity contribution in [2.24, 2.45) is 5.92 Å². The standard InChI is InChI=1S/C24H26ClF3N4O3/c1-34-19-10-16-18(11-20(19)35-2)31-32-22(16)29-12-13-6-8-14(9-7-13)30-23(33)15-4-3-5-17(21(15)25)24(26,27)28/h3-5,10-11,13-14H,6-9,12H2,1-2H3,(H,30,33)(H2,29,31,32). The smallest absolute Gasteiger partial charge is 0.417 e. The van der Waals surface area contributed by atoms with Gasteiger partial charge in [-0.3, -0.25) is 9.89 Å². The van der Waals surface area contributed by atoms with Gasteiger partial charge in [-0.05, 0) is 49.8 Å². The first kappa shape index (κ1) is 25.0. The summed E-state index contributed by atoms with van der Waals surface area (Å²) in [7, 11) is 3.15. The van der Waals surface area contributed by atoms with Crippen LogP contribution >= 0.6 is 11.6 Å². The fraction of sp³-hybridized carbons (Fsp3) is 0.417. The van der Waals surface area contributed by atoms with Crippen molar-refractivity contribution in [3.63, 3.8) is 0 Å². The largest absolute Gasteiger partial charge is 0.493 e. The van der Waals surface area contributed by atoms with Gasteiger partial charge in [0.25, 0.3) is 5.91 Å². The number of H-pyrrole nitrogens is 1. The second-order valence-corrected chi connectivity index (χ2v) is 8.94. The number of hydrogen-bond acceptors (Lipinski definition) is 5. The highest BCUT2D eigenvalue weighted by Crippen LogP contribution is 2.37. The lowest BCUT2D eigenvalue weighted by Crippen LogP contribution is -2.38. The molecule has 0 aliphatic heterocycles. The van der Waals surface area contributed by atoms with Crippen LogP contribution in [-0.2, 0) is 6.18 Å². The Bertz CT molecular complexity index is 1210. The van der Waals surface area contributed by atoms with Crippen LogP contribution in [0.3, 0.4) is 0 Å². The van der Waals surface area contributed by atoms with E-state index in [4.69, 9.17) is 21.1 Å². The molecule has 35 heavy (non-hydrogen) atoms. The molecule has 4 rings (SSSR count). The van der Waals surface area contributed by atoms with Gasteiger partial charge in [-0.25, -0.2) is 0 Å². The van der Waals surface area contributed by atoms with Crippen LogP contribution < -0.4 is 20.1 Å². The van der Waals surface area contributed by atoms with E-state index in [2.05, 4.69) is 20.8 Å². The van der Waals surface area contributed by atoms with Crippen molar-refractivity contribution >= 4 is 34.2 Å². The minimum atomic E-state index is -4.62. The third-order valence-corrected chi connectivity index (χ3v) is 6.76. The van der Waals surface area contributed by atoms with Crippen LogP contribution in [0.1, 0.15) is 41.6 Å². The lowest BCUT2D eigenvalue weighted by molar-refractivity contribution is -0.137. The van der Waals surface area contributed by atoms with Crippen molar-refractivity contribution in [2.75, 3.05) is 26.1 Å². The number of carbonyl (C=O) groups is 1. The summed E-state index contributed by atoms with van der Waals surface area (Å²) < 4.78 is 50.0. The lowest BCUT2D eigenvalue weighted by atomic mass is 9.86. The summed E-state index contributed by atoms with van der Waals surface area (Å²) in [6.07, 6.45) is -1.46. The quantitative estimate of drug-likeness (QED) is 0.382. The summed E-state index contributed by atoms with van der Waals surface area (Å²) in [5.41, 5.74) is -0.351. The minimum absolute atomic E-state index is 0.118. The van der Waals surface area contributed by atoms with Crippen molar-refractivity contribution in [1.29, 1.82) is 0 Å². The predicted octanol–water partition coefficient (Wildman–Crippen LogP) is 5.65. The zero-order valence-corrected chi connectivity index (χ0v) is 20.0. The average molecular weight is 511 g/mol. The molecule has 1 aliphatic rings. The number of carbonyl (C=O) groups excluding carboxylic acids is 1. The maximum atomic E-state index is 13.1. The molecule has 1 aliphatic carbocycles. The fourth-order valence-corrected chi connectivity index (χ4v) is 4.74. The molecule has 0 unspecified atom stereocenters. The molecule has 3 N–H and O–H groups in total. The van der Waals surface area contributed by atoms with Gasteiger partial charge in [0.05, 0.1) is 35.9 Å². The van der Waals surface area contributed by atoms with Crippen molar-refractivity contribution in [3.8, 4) is 11.5 Å². The summed E-state index contributed by atoms with van der Waals surface area (Å²) in [6, 6.07) is 6.94. The highest BCUT2D eigenvalue weighted by atomic mass is 35.5. The SMILES string of the molecule is COc1cc2[nH]nc(NCC3CCC(NC(=O)c4cccc(C(F)(F)F)c4Cl)CC3)c2cc1OC. The van der Waals surface area contributed by atoms with Crippen molar-refractivity contribution in [2.45, 2.75) is 37.9 Å². The molecule has 2 aromatic carbocycles. The van der Waals surface area contributed by atoms with Crippen LogP contribution in [0.15, 0.2) is 30.3 Å². The minimum Gasteiger partial charge on any atom is -0.493 e. The third-order valence-electron chi connectivity index (χ3n) is 6.36. The van der Waals surface area contributed by atoms with Crippen LogP contribution in [0.5, 0.6) is 11.5 Å². The van der Waals surface area contributed by atoms with E-state index >= 15 is 0 Å². The molecule has 3 aromatic rings. The number of nitrogens with one attached hydrogen (secondary N) is 3. The maximum Gasteiger partial charge on any atom is 0.417 e. The van der Waals surface area contributed by atoms with Crippen molar-refractivity contribution in [1.82, 2.24) is 15.5 Å². The molecule has 1 saturated carbocycles. The number of ether oxygens (including phenoxy) is 2. The summed E-state index contributed by atoms with van der Waals surface area (Å²) >= 11 is 5.88. The molecule has 7 nitrogen and oxygen atoms in total. The van der Waals surface area contributed by atoms with Gasteiger partial charge in [0, 0.05) is 24.0 Å². The molecule has 1 heterocycles. The van der Waals surface area contributed by atoms with Crippen molar-refractivity contribution in [3.05, 3.63) is 46.5 Å². The van der Waals surface area contributed by atoms with Crippen LogP contribution in [0.4, 0.5) is 19.0 Å². The number of benzene rings is 2. The number of halogens is 4. The van der Waals surface area contributed by atoms with Gasteiger partial charge in [0.1, 0.15) is 0 Å². The van der Waals surface area contributed by atoms with Gasteiger partial charge in [-0.2, -0.15) is 18.3 Å². The zero-order chi connectivity index (χ0) is 25.2. The Kier molecular flexibility index (Phi) is 7.30. The second kappa shape index (κ2) is 10.2. The van der Waals surface area contributed by atoms with E-state index in [1.165, 1.54) is 12.1 Å². The maximum absolute atomic E-state index is 13.1. The number of rotatable bonds is 7. The van der Waals surface area contributed by atoms with Crippen LogP contribution in [0.25, 0.3) is 10.9 Å². The van der Waals surface area contributed by atoms with E-state index in [1.807, 2.05) is 12.1 Å². The Hall–Kier alpha value is -3.14. The molecule has 188 valence electrons. The van der Waals surface area contributed by atoms with Gasteiger partial charge < -0.3 is 20.1 Å². The van der Waals surface area contributed by atoms with Gasteiger partial charge >= 0.3 is 6.18 Å². The summed E-state index contributed by atoms with van der Waals surface area (Å²) in [4.78, 5) is 12.6. The number of nitrogens with zero attached hydrogens (tertiary/aromatic N) is 1. The Balaban J connectivity index is 1.32. The number of alkyl halides is 3. The first-order chi connectivity index (χ1) is 16.7. The number of fused-ring (bicyclic) bond motifs is 1. The molecule has 0 atom stereocenters. The van der Waals surface area contributed by atoms with Gasteiger partial charge in [-0.1, -0.05) is 17.7 Å². The Labute approximate surface area is 205 Å². The average Bonchev–Trinajstić information content (AvgIpc) is 3.23. The topological polar surface area (TPSA) is 88.3 Å². The second-order valence-electron chi connectivity index (χ2n) is 8.56. The van der Waals surface area contributed by atoms with Crippen LogP contribution in [-0.4, -0.2) is 42.9 Å². The van der Waals surface area contributed by atoms with E-state index in [9.17, 15) is 18.0 Å². The number of anilines is 1. The van der Waals surface area contributed by atoms with Crippen LogP contribution in [0, 0.1) is 5.92 Å². The summed E-state index contributed by atoms with van der Waals surface area (Å²) in [5.74, 6) is 1.72. The first-order valence-corrected chi connectivity index (χ1v) is 11.6. The third kappa shape index (κ3) is 5.42. The predicted molar refractivity (Wildman–Crippen MR) is 127 cm³/mol. The van der Waals surface area contributed by atoms with Crippen LogP contribution in [0.2, 0.25) is 5.02 Å². The molecule has 0 bridgehead atoms. The Morgan fingerprint density at radius 2 is 1.83 bits per heavy atom. The van der Waals surface area contributed by atoms with Gasteiger partial charge in [0.15, 0.2) is 17.3 Å². The molecule has 0 radical (unpaired) electrons. The number of hydrogen-bond donors (Lipinski definition) is 3. The molecule has 11 heteroatoms. The fourth-order valence-electron chi connectivity index (χ4n) is 4.42. The molecular formula is C24H26ClF3N4O3. The lowest BCUT2D eigenvalue weighted by Gasteiger charge is -2.29. The van der Waals surface area contributed by atoms with E-state index < -0.39 is 22.7 Å². The number of methoxy groups -OCH3 is 2. The number of amides is 1. The molecule has 0 spiro atoms. The molecule has 1 amide bonds. The molecule has 1 aromatic heterocycles. The van der Waals surface area contributed by atoms with Gasteiger partial charge in [-0.15, -0.1) is 0 Å². The zero-order valence-electron chi connectivity index (χ0n) is 19.3. The normalized spacial score (nSPS) is 18.3. The summed E-state index contributed by atoms with van der Waals surface area (Å²) in [6.45, 7) is 0.703. The number of aromatic nitrogens is 2. The monoisotopic (exact) mass is 510 g/mol. The van der Waals surface area contributed by atoms with Crippen molar-refractivity contribution < 1.29 is 27.4 Å². The van der Waals surface area contributed by atoms with Gasteiger partial charge in [0.2, 0.25) is 0 Å². The molecule has 1 fully saturated rings. The molecule has 0 saturated heterocycles. The highest BCUT2D eigenvalue weighted by molar-refractivity contribution is 6.34. The van der Waals surface area contributed by atoms with E-state index in [0.29, 0.717) is 24.0 Å². The Morgan fingerprint density at radius 3 is 2.49 bits per heavy atom. The van der Waals surface area contributed by atoms with E-state index in [-0.39, 0.29) is 11.6 Å². The molecular weight excluding hydrogens is 485 g/mol. The highest BCUT2D eigenvalue weighted by Gasteiger charge is 2.35. The summed E-state index contributed by atoms with van der Waals surface area (Å²) in [5, 5.41) is 13.9. The van der Waals surface area contributed by atoms with E-state index in [0.717, 1.165) is 48.5 Å². The number of aromatic amines is 1.